The molecule has 1 unspecified atom stereocenters. The molecule has 8 heteroatoms. The number of hydrogen-bond donors (Lipinski definition) is 0. The van der Waals surface area contributed by atoms with Crippen LogP contribution >= 0.6 is 11.6 Å². The first-order valence-corrected chi connectivity index (χ1v) is 9.94. The molecule has 2 heterocycles. The summed E-state index contributed by atoms with van der Waals surface area (Å²) in [7, 11) is 1.32. The largest absolute Gasteiger partial charge is 0.497 e. The molecule has 31 heavy (non-hydrogen) atoms. The normalized spacial score (nSPS) is 13.8. The lowest BCUT2D eigenvalue weighted by Gasteiger charge is -2.29. The number of methoxy groups -OCH3 is 1. The molecule has 0 aliphatic carbocycles. The molecule has 0 N–H and O–H groups in total. The first kappa shape index (κ1) is 21.1. The van der Waals surface area contributed by atoms with Crippen molar-refractivity contribution < 1.29 is 23.0 Å². The molecule has 2 aromatic carbocycles. The minimum absolute atomic E-state index is 0.0431. The summed E-state index contributed by atoms with van der Waals surface area (Å²) in [5.74, 6) is -1.69. The molecule has 1 aromatic heterocycles. The molecule has 1 atom stereocenters. The van der Waals surface area contributed by atoms with Gasteiger partial charge in [-0.3, -0.25) is 4.79 Å². The van der Waals surface area contributed by atoms with Gasteiger partial charge in [0.2, 0.25) is 5.88 Å². The van der Waals surface area contributed by atoms with Crippen molar-refractivity contribution in [1.82, 2.24) is 9.88 Å². The number of rotatable bonds is 6. The summed E-state index contributed by atoms with van der Waals surface area (Å²) in [5.41, 5.74) is 1.58. The van der Waals surface area contributed by atoms with Crippen molar-refractivity contribution >= 4 is 17.5 Å². The SMILES string of the molecule is COc1cc(F)c(C(COc2cccc(C)n2)N2Cc3ccc(Cl)cc3C2=O)c(F)c1. The van der Waals surface area contributed by atoms with Crippen LogP contribution in [0.2, 0.25) is 5.02 Å². The van der Waals surface area contributed by atoms with E-state index in [9.17, 15) is 13.6 Å². The Morgan fingerprint density at radius 1 is 1.16 bits per heavy atom. The Labute approximate surface area is 183 Å². The highest BCUT2D eigenvalue weighted by atomic mass is 35.5. The number of nitrogens with zero attached hydrogens (tertiary/aromatic N) is 2. The molecular formula is C23H19ClF2N2O3. The third-order valence-electron chi connectivity index (χ3n) is 5.15. The van der Waals surface area contributed by atoms with E-state index in [1.165, 1.54) is 12.0 Å². The second kappa shape index (κ2) is 8.51. The summed E-state index contributed by atoms with van der Waals surface area (Å²) < 4.78 is 40.6. The predicted molar refractivity (Wildman–Crippen MR) is 111 cm³/mol. The number of fused-ring (bicyclic) bond motifs is 1. The van der Waals surface area contributed by atoms with E-state index in [1.807, 2.05) is 0 Å². The zero-order valence-corrected chi connectivity index (χ0v) is 17.6. The Morgan fingerprint density at radius 3 is 2.58 bits per heavy atom. The van der Waals surface area contributed by atoms with Gasteiger partial charge in [-0.25, -0.2) is 13.8 Å². The molecule has 1 aliphatic heterocycles. The van der Waals surface area contributed by atoms with E-state index in [1.54, 1.807) is 43.3 Å². The van der Waals surface area contributed by atoms with Crippen molar-refractivity contribution in [2.24, 2.45) is 0 Å². The fraction of sp³-hybridized carbons (Fsp3) is 0.217. The summed E-state index contributed by atoms with van der Waals surface area (Å²) >= 11 is 6.04. The highest BCUT2D eigenvalue weighted by Crippen LogP contribution is 2.36. The number of ether oxygens (including phenoxy) is 2. The molecule has 4 rings (SSSR count). The first-order valence-electron chi connectivity index (χ1n) is 9.56. The number of carbonyl (C=O) groups is 1. The molecule has 3 aromatic rings. The van der Waals surface area contributed by atoms with Gasteiger partial charge in [0, 0.05) is 46.6 Å². The Balaban J connectivity index is 1.72. The number of halogens is 3. The fourth-order valence-corrected chi connectivity index (χ4v) is 3.81. The van der Waals surface area contributed by atoms with Crippen molar-refractivity contribution in [3.8, 4) is 11.6 Å². The van der Waals surface area contributed by atoms with Crippen molar-refractivity contribution in [3.05, 3.63) is 87.6 Å². The third-order valence-corrected chi connectivity index (χ3v) is 5.39. The van der Waals surface area contributed by atoms with E-state index in [0.717, 1.165) is 23.4 Å². The lowest BCUT2D eigenvalue weighted by molar-refractivity contribution is 0.0621. The van der Waals surface area contributed by atoms with Gasteiger partial charge in [0.25, 0.3) is 5.91 Å². The minimum Gasteiger partial charge on any atom is -0.497 e. The fourth-order valence-electron chi connectivity index (χ4n) is 3.64. The van der Waals surface area contributed by atoms with Crippen LogP contribution in [-0.2, 0) is 6.54 Å². The van der Waals surface area contributed by atoms with Crippen LogP contribution in [-0.4, -0.2) is 29.5 Å². The zero-order valence-electron chi connectivity index (χ0n) is 16.9. The summed E-state index contributed by atoms with van der Waals surface area (Å²) in [4.78, 5) is 18.7. The number of pyridine rings is 1. The molecule has 160 valence electrons. The molecule has 0 fully saturated rings. The predicted octanol–water partition coefficient (Wildman–Crippen LogP) is 5.11. The van der Waals surface area contributed by atoms with Crippen molar-refractivity contribution in [1.29, 1.82) is 0 Å². The quantitative estimate of drug-likeness (QED) is 0.530. The minimum atomic E-state index is -1.04. The summed E-state index contributed by atoms with van der Waals surface area (Å²) in [5, 5.41) is 0.410. The van der Waals surface area contributed by atoms with Crippen LogP contribution in [0.1, 0.15) is 33.2 Å². The second-order valence-corrected chi connectivity index (χ2v) is 7.62. The van der Waals surface area contributed by atoms with Gasteiger partial charge in [0.15, 0.2) is 0 Å². The Hall–Kier alpha value is -3.19. The average molecular weight is 445 g/mol. The maximum Gasteiger partial charge on any atom is 0.255 e. The monoisotopic (exact) mass is 444 g/mol. The second-order valence-electron chi connectivity index (χ2n) is 7.18. The zero-order chi connectivity index (χ0) is 22.1. The van der Waals surface area contributed by atoms with Crippen molar-refractivity contribution in [3.63, 3.8) is 0 Å². The van der Waals surface area contributed by atoms with Crippen LogP contribution in [0.5, 0.6) is 11.6 Å². The smallest absolute Gasteiger partial charge is 0.255 e. The Morgan fingerprint density at radius 2 is 1.90 bits per heavy atom. The number of hydrogen-bond acceptors (Lipinski definition) is 4. The highest BCUT2D eigenvalue weighted by molar-refractivity contribution is 6.31. The molecule has 0 saturated carbocycles. The lowest BCUT2D eigenvalue weighted by Crippen LogP contribution is -2.34. The summed E-state index contributed by atoms with van der Waals surface area (Å²) in [6.45, 7) is 1.78. The van der Waals surface area contributed by atoms with Gasteiger partial charge in [-0.15, -0.1) is 0 Å². The van der Waals surface area contributed by atoms with Gasteiger partial charge in [-0.05, 0) is 30.7 Å². The van der Waals surface area contributed by atoms with E-state index >= 15 is 0 Å². The number of aryl methyl sites for hydroxylation is 1. The standard InChI is InChI=1S/C23H19ClF2N2O3/c1-13-4-3-5-21(27-13)31-12-20(22-18(25)9-16(30-2)10-19(22)26)28-11-14-6-7-15(24)8-17(14)23(28)29/h3-10,20H,11-12H2,1-2H3. The number of aromatic nitrogens is 1. The van der Waals surface area contributed by atoms with Crippen LogP contribution in [0.25, 0.3) is 0 Å². The van der Waals surface area contributed by atoms with E-state index in [2.05, 4.69) is 4.98 Å². The van der Waals surface area contributed by atoms with E-state index in [4.69, 9.17) is 21.1 Å². The van der Waals surface area contributed by atoms with Crippen molar-refractivity contribution in [2.75, 3.05) is 13.7 Å². The van der Waals surface area contributed by atoms with E-state index in [-0.39, 0.29) is 30.4 Å². The molecule has 0 spiro atoms. The maximum atomic E-state index is 15.0. The number of benzene rings is 2. The van der Waals surface area contributed by atoms with Crippen LogP contribution in [0.15, 0.2) is 48.5 Å². The Kier molecular flexibility index (Phi) is 5.78. The maximum absolute atomic E-state index is 15.0. The van der Waals surface area contributed by atoms with Gasteiger partial charge < -0.3 is 14.4 Å². The number of amides is 1. The van der Waals surface area contributed by atoms with Gasteiger partial charge in [-0.1, -0.05) is 23.7 Å². The lowest BCUT2D eigenvalue weighted by atomic mass is 10.0. The van der Waals surface area contributed by atoms with Crippen LogP contribution in [0.3, 0.4) is 0 Å². The van der Waals surface area contributed by atoms with Gasteiger partial charge in [-0.2, -0.15) is 0 Å². The van der Waals surface area contributed by atoms with Gasteiger partial charge in [0.05, 0.1) is 13.2 Å². The Bertz CT molecular complexity index is 1130. The molecule has 1 aliphatic rings. The average Bonchev–Trinajstić information content (AvgIpc) is 3.05. The van der Waals surface area contributed by atoms with Crippen LogP contribution in [0, 0.1) is 18.6 Å². The molecule has 0 radical (unpaired) electrons. The molecule has 0 saturated heterocycles. The van der Waals surface area contributed by atoms with Crippen LogP contribution in [0.4, 0.5) is 8.78 Å². The first-order chi connectivity index (χ1) is 14.9. The summed E-state index contributed by atoms with van der Waals surface area (Å²) in [6, 6.07) is 11.3. The molecule has 0 bridgehead atoms. The van der Waals surface area contributed by atoms with Crippen LogP contribution < -0.4 is 9.47 Å². The van der Waals surface area contributed by atoms with E-state index in [0.29, 0.717) is 16.5 Å². The van der Waals surface area contributed by atoms with Gasteiger partial charge >= 0.3 is 0 Å². The number of carbonyl (C=O) groups excluding carboxylic acids is 1. The third kappa shape index (κ3) is 4.18. The summed E-state index contributed by atoms with van der Waals surface area (Å²) in [6.07, 6.45) is 0. The topological polar surface area (TPSA) is 51.7 Å². The molecule has 1 amide bonds. The van der Waals surface area contributed by atoms with Gasteiger partial charge in [0.1, 0.15) is 24.0 Å². The highest BCUT2D eigenvalue weighted by Gasteiger charge is 2.37. The van der Waals surface area contributed by atoms with E-state index < -0.39 is 17.7 Å². The molecule has 5 nitrogen and oxygen atoms in total. The molecular weight excluding hydrogens is 426 g/mol. The van der Waals surface area contributed by atoms with Crippen molar-refractivity contribution in [2.45, 2.75) is 19.5 Å².